The first-order chi connectivity index (χ1) is 5.13. The van der Waals surface area contributed by atoms with Gasteiger partial charge in [0.1, 0.15) is 5.84 Å². The fourth-order valence-electron chi connectivity index (χ4n) is 0.585. The van der Waals surface area contributed by atoms with Crippen molar-refractivity contribution in [2.45, 2.75) is 13.8 Å². The van der Waals surface area contributed by atoms with Crippen LogP contribution in [0.15, 0.2) is 15.1 Å². The van der Waals surface area contributed by atoms with Gasteiger partial charge in [0.05, 0.1) is 5.03 Å². The quantitative estimate of drug-likeness (QED) is 0.530. The molecule has 0 heterocycles. The van der Waals surface area contributed by atoms with Crippen molar-refractivity contribution >= 4 is 29.0 Å². The summed E-state index contributed by atoms with van der Waals surface area (Å²) in [6, 6.07) is 0. The molecule has 0 amide bonds. The molecule has 0 bridgehead atoms. The Bertz CT molecular complexity index is 181. The zero-order valence-electron chi connectivity index (χ0n) is 6.91. The molecule has 0 aromatic rings. The molecule has 0 rings (SSSR count). The average molecular weight is 195 g/mol. The van der Waals surface area contributed by atoms with Crippen molar-refractivity contribution in [3.8, 4) is 0 Å². The van der Waals surface area contributed by atoms with Crippen LogP contribution < -0.4 is 5.32 Å². The number of halogens is 2. The Morgan fingerprint density at radius 1 is 1.45 bits per heavy atom. The molecule has 0 aromatic carbocycles. The highest BCUT2D eigenvalue weighted by Crippen LogP contribution is 2.13. The third kappa shape index (κ3) is 3.63. The van der Waals surface area contributed by atoms with Crippen molar-refractivity contribution in [1.82, 2.24) is 5.32 Å². The lowest BCUT2D eigenvalue weighted by molar-refractivity contribution is 0.964. The molecule has 4 heteroatoms. The van der Waals surface area contributed by atoms with Gasteiger partial charge in [0.25, 0.3) is 0 Å². The summed E-state index contributed by atoms with van der Waals surface area (Å²) in [4.78, 5) is 3.93. The van der Waals surface area contributed by atoms with Gasteiger partial charge in [-0.25, -0.2) is 0 Å². The Hall–Kier alpha value is -0.210. The number of allylic oxidation sites excluding steroid dienone is 1. The van der Waals surface area contributed by atoms with Crippen molar-refractivity contribution in [1.29, 1.82) is 0 Å². The van der Waals surface area contributed by atoms with Crippen LogP contribution in [0.1, 0.15) is 13.8 Å². The van der Waals surface area contributed by atoms with E-state index in [9.17, 15) is 0 Å². The van der Waals surface area contributed by atoms with E-state index >= 15 is 0 Å². The maximum absolute atomic E-state index is 5.82. The largest absolute Gasteiger partial charge is 0.369 e. The zero-order chi connectivity index (χ0) is 8.85. The Morgan fingerprint density at radius 3 is 2.27 bits per heavy atom. The molecule has 11 heavy (non-hydrogen) atoms. The molecular formula is C7H12Cl2N2. The number of hydrogen-bond acceptors (Lipinski definition) is 1. The molecule has 64 valence electrons. The van der Waals surface area contributed by atoms with Gasteiger partial charge in [-0.3, -0.25) is 4.99 Å². The fraction of sp³-hybridized carbons (Fsp3) is 0.571. The van der Waals surface area contributed by atoms with Gasteiger partial charge in [0.15, 0.2) is 0 Å². The van der Waals surface area contributed by atoms with Crippen LogP contribution in [0.3, 0.4) is 0 Å². The van der Waals surface area contributed by atoms with E-state index in [-0.39, 0.29) is 0 Å². The molecule has 0 atom stereocenters. The summed E-state index contributed by atoms with van der Waals surface area (Å²) < 4.78 is 0. The van der Waals surface area contributed by atoms with Gasteiger partial charge in [0, 0.05) is 18.6 Å². The van der Waals surface area contributed by atoms with E-state index in [2.05, 4.69) is 10.3 Å². The molecule has 0 spiro atoms. The van der Waals surface area contributed by atoms with Crippen molar-refractivity contribution in [3.05, 3.63) is 10.1 Å². The first-order valence-corrected chi connectivity index (χ1v) is 4.12. The molecule has 1 N–H and O–H groups in total. The van der Waals surface area contributed by atoms with Gasteiger partial charge in [-0.2, -0.15) is 0 Å². The topological polar surface area (TPSA) is 24.4 Å². The number of likely N-dealkylation sites (N-methyl/N-ethyl adjacent to an activating group) is 1. The standard InChI is InChI=1S/C7H12Cl2N2/c1-4-11-7(10-3)6(9)5(2)8/h4H2,1-3H3,(H,10,11)/b6-5-. The van der Waals surface area contributed by atoms with Crippen LogP contribution in [0.25, 0.3) is 0 Å². The lowest BCUT2D eigenvalue weighted by atomic mass is 10.4. The highest BCUT2D eigenvalue weighted by molar-refractivity contribution is 6.48. The van der Waals surface area contributed by atoms with Gasteiger partial charge in [0.2, 0.25) is 0 Å². The number of hydrogen-bond donors (Lipinski definition) is 1. The van der Waals surface area contributed by atoms with Gasteiger partial charge < -0.3 is 5.32 Å². The Morgan fingerprint density at radius 2 is 2.00 bits per heavy atom. The molecule has 0 aromatic heterocycles. The first kappa shape index (κ1) is 10.8. The molecule has 2 nitrogen and oxygen atoms in total. The van der Waals surface area contributed by atoms with E-state index in [0.29, 0.717) is 15.9 Å². The van der Waals surface area contributed by atoms with E-state index in [4.69, 9.17) is 23.2 Å². The molecule has 0 aliphatic rings. The molecule has 0 unspecified atom stereocenters. The van der Waals surface area contributed by atoms with E-state index in [0.717, 1.165) is 6.54 Å². The van der Waals surface area contributed by atoms with Crippen LogP contribution in [-0.4, -0.2) is 19.4 Å². The maximum atomic E-state index is 5.82. The molecular weight excluding hydrogens is 183 g/mol. The van der Waals surface area contributed by atoms with Gasteiger partial charge in [-0.1, -0.05) is 23.2 Å². The normalized spacial score (nSPS) is 14.5. The van der Waals surface area contributed by atoms with Gasteiger partial charge in [-0.05, 0) is 13.8 Å². The number of amidine groups is 1. The highest BCUT2D eigenvalue weighted by atomic mass is 35.5. The van der Waals surface area contributed by atoms with Crippen LogP contribution in [-0.2, 0) is 0 Å². The lowest BCUT2D eigenvalue weighted by Crippen LogP contribution is -2.23. The smallest absolute Gasteiger partial charge is 0.140 e. The van der Waals surface area contributed by atoms with Crippen LogP contribution in [0.5, 0.6) is 0 Å². The van der Waals surface area contributed by atoms with Gasteiger partial charge >= 0.3 is 0 Å². The van der Waals surface area contributed by atoms with Crippen LogP contribution in [0.2, 0.25) is 0 Å². The second kappa shape index (κ2) is 5.44. The SMILES string of the molecule is CCNC(=NC)/C(Cl)=C(\C)Cl. The molecule has 0 radical (unpaired) electrons. The molecule has 0 aliphatic heterocycles. The Balaban J connectivity index is 4.41. The second-order valence-corrected chi connectivity index (χ2v) is 2.89. The molecule has 0 saturated carbocycles. The number of nitrogens with one attached hydrogen (secondary N) is 1. The number of rotatable bonds is 2. The van der Waals surface area contributed by atoms with Crippen molar-refractivity contribution in [2.75, 3.05) is 13.6 Å². The van der Waals surface area contributed by atoms with Gasteiger partial charge in [-0.15, -0.1) is 0 Å². The summed E-state index contributed by atoms with van der Waals surface area (Å²) in [5.74, 6) is 0.640. The van der Waals surface area contributed by atoms with Crippen molar-refractivity contribution < 1.29 is 0 Å². The molecule has 0 aliphatic carbocycles. The summed E-state index contributed by atoms with van der Waals surface area (Å²) in [5.41, 5.74) is 0. The fourth-order valence-corrected chi connectivity index (χ4v) is 0.826. The van der Waals surface area contributed by atoms with Crippen LogP contribution in [0, 0.1) is 0 Å². The van der Waals surface area contributed by atoms with Crippen LogP contribution in [0.4, 0.5) is 0 Å². The highest BCUT2D eigenvalue weighted by Gasteiger charge is 2.03. The van der Waals surface area contributed by atoms with Crippen molar-refractivity contribution in [3.63, 3.8) is 0 Å². The third-order valence-electron chi connectivity index (χ3n) is 1.08. The summed E-state index contributed by atoms with van der Waals surface area (Å²) in [5, 5.41) is 4.02. The van der Waals surface area contributed by atoms with E-state index < -0.39 is 0 Å². The number of aliphatic imine (C=N–C) groups is 1. The monoisotopic (exact) mass is 194 g/mol. The summed E-state index contributed by atoms with van der Waals surface area (Å²) >= 11 is 11.5. The average Bonchev–Trinajstić information content (AvgIpc) is 1.98. The van der Waals surface area contributed by atoms with E-state index in [1.54, 1.807) is 14.0 Å². The van der Waals surface area contributed by atoms with Crippen molar-refractivity contribution in [2.24, 2.45) is 4.99 Å². The first-order valence-electron chi connectivity index (χ1n) is 3.36. The third-order valence-corrected chi connectivity index (χ3v) is 1.83. The summed E-state index contributed by atoms with van der Waals surface area (Å²) in [6.45, 7) is 4.48. The predicted molar refractivity (Wildman–Crippen MR) is 51.4 cm³/mol. The van der Waals surface area contributed by atoms with Crippen LogP contribution >= 0.6 is 23.2 Å². The molecule has 0 saturated heterocycles. The summed E-state index contributed by atoms with van der Waals surface area (Å²) in [6.07, 6.45) is 0. The summed E-state index contributed by atoms with van der Waals surface area (Å²) in [7, 11) is 1.67. The minimum Gasteiger partial charge on any atom is -0.369 e. The maximum Gasteiger partial charge on any atom is 0.140 e. The zero-order valence-corrected chi connectivity index (χ0v) is 8.42. The van der Waals surface area contributed by atoms with E-state index in [1.807, 2.05) is 6.92 Å². The number of nitrogens with zero attached hydrogens (tertiary/aromatic N) is 1. The Kier molecular flexibility index (Phi) is 5.34. The van der Waals surface area contributed by atoms with E-state index in [1.165, 1.54) is 0 Å². The molecule has 0 fully saturated rings. The predicted octanol–water partition coefficient (Wildman–Crippen LogP) is 2.33. The Labute approximate surface area is 77.3 Å². The minimum absolute atomic E-state index is 0.482. The minimum atomic E-state index is 0.482. The lowest BCUT2D eigenvalue weighted by Gasteiger charge is -2.05. The second-order valence-electron chi connectivity index (χ2n) is 1.95.